The summed E-state index contributed by atoms with van der Waals surface area (Å²) in [5.41, 5.74) is 7.33. The average Bonchev–Trinajstić information content (AvgIpc) is 2.63. The van der Waals surface area contributed by atoms with Crippen molar-refractivity contribution < 1.29 is 9.63 Å². The summed E-state index contributed by atoms with van der Waals surface area (Å²) in [6.45, 7) is 4.31. The normalized spacial score (nSPS) is 16.9. The van der Waals surface area contributed by atoms with Gasteiger partial charge in [0.25, 0.3) is 5.91 Å². The summed E-state index contributed by atoms with van der Waals surface area (Å²) in [5, 5.41) is 1.34. The van der Waals surface area contributed by atoms with E-state index in [1.807, 2.05) is 38.1 Å². The van der Waals surface area contributed by atoms with Crippen LogP contribution in [0.15, 0.2) is 24.3 Å². The van der Waals surface area contributed by atoms with Crippen molar-refractivity contribution in [2.45, 2.75) is 25.8 Å². The molecule has 0 aromatic heterocycles. The first-order valence-corrected chi connectivity index (χ1v) is 5.34. The molecule has 0 atom stereocenters. The lowest BCUT2D eigenvalue weighted by molar-refractivity contribution is -0.119. The Labute approximate surface area is 94.9 Å². The van der Waals surface area contributed by atoms with Gasteiger partial charge in [-0.25, -0.2) is 0 Å². The molecule has 1 aromatic carbocycles. The number of nitrogens with two attached hydrogens (primary N) is 1. The number of nitrogens with zero attached hydrogens (tertiary/aromatic N) is 1. The van der Waals surface area contributed by atoms with Crippen LogP contribution in [0.4, 0.5) is 5.69 Å². The van der Waals surface area contributed by atoms with E-state index in [9.17, 15) is 4.79 Å². The standard InChI is InChI=1S/C12H16N2O2/c1-12(2,13)9-4-3-5-10(8-9)14-11(15)6-7-16-14/h3-5,8H,6-7,13H2,1-2H3. The number of anilines is 1. The summed E-state index contributed by atoms with van der Waals surface area (Å²) in [5.74, 6) is -0.00743. The Hall–Kier alpha value is -1.39. The fourth-order valence-electron chi connectivity index (χ4n) is 1.65. The molecule has 86 valence electrons. The minimum Gasteiger partial charge on any atom is -0.322 e. The van der Waals surface area contributed by atoms with Crippen LogP contribution in [0.1, 0.15) is 25.8 Å². The molecular weight excluding hydrogens is 204 g/mol. The number of rotatable bonds is 2. The van der Waals surface area contributed by atoms with Gasteiger partial charge in [-0.3, -0.25) is 9.63 Å². The van der Waals surface area contributed by atoms with E-state index in [0.717, 1.165) is 11.3 Å². The van der Waals surface area contributed by atoms with E-state index in [2.05, 4.69) is 0 Å². The van der Waals surface area contributed by atoms with Crippen molar-refractivity contribution in [2.75, 3.05) is 11.7 Å². The molecular formula is C12H16N2O2. The maximum atomic E-state index is 11.5. The summed E-state index contributed by atoms with van der Waals surface area (Å²) in [4.78, 5) is 16.8. The predicted octanol–water partition coefficient (Wildman–Crippen LogP) is 1.55. The van der Waals surface area contributed by atoms with Crippen molar-refractivity contribution >= 4 is 11.6 Å². The van der Waals surface area contributed by atoms with E-state index < -0.39 is 5.54 Å². The van der Waals surface area contributed by atoms with Crippen molar-refractivity contribution in [1.29, 1.82) is 0 Å². The molecule has 0 unspecified atom stereocenters. The average molecular weight is 220 g/mol. The molecule has 2 N–H and O–H groups in total. The zero-order valence-corrected chi connectivity index (χ0v) is 9.56. The van der Waals surface area contributed by atoms with Gasteiger partial charge in [-0.2, -0.15) is 5.06 Å². The second kappa shape index (κ2) is 3.88. The molecule has 1 saturated heterocycles. The van der Waals surface area contributed by atoms with Gasteiger partial charge in [0, 0.05) is 5.54 Å². The molecule has 0 saturated carbocycles. The van der Waals surface area contributed by atoms with Gasteiger partial charge in [0.2, 0.25) is 0 Å². The molecule has 4 heteroatoms. The van der Waals surface area contributed by atoms with Gasteiger partial charge in [0.1, 0.15) is 0 Å². The zero-order valence-electron chi connectivity index (χ0n) is 9.56. The van der Waals surface area contributed by atoms with Gasteiger partial charge in [0.05, 0.1) is 18.7 Å². The van der Waals surface area contributed by atoms with E-state index in [-0.39, 0.29) is 5.91 Å². The van der Waals surface area contributed by atoms with Crippen LogP contribution >= 0.6 is 0 Å². The van der Waals surface area contributed by atoms with E-state index >= 15 is 0 Å². The summed E-state index contributed by atoms with van der Waals surface area (Å²) < 4.78 is 0. The lowest BCUT2D eigenvalue weighted by Gasteiger charge is -2.21. The molecule has 1 aromatic rings. The Balaban J connectivity index is 2.32. The second-order valence-corrected chi connectivity index (χ2v) is 4.54. The monoisotopic (exact) mass is 220 g/mol. The van der Waals surface area contributed by atoms with E-state index in [1.165, 1.54) is 5.06 Å². The SMILES string of the molecule is CC(C)(N)c1cccc(N2OCCC2=O)c1. The molecule has 0 radical (unpaired) electrons. The van der Waals surface area contributed by atoms with Crippen LogP contribution in [-0.2, 0) is 15.2 Å². The highest BCUT2D eigenvalue weighted by molar-refractivity contribution is 5.92. The lowest BCUT2D eigenvalue weighted by atomic mass is 9.95. The third-order valence-electron chi connectivity index (χ3n) is 2.59. The van der Waals surface area contributed by atoms with Crippen molar-refractivity contribution in [3.05, 3.63) is 29.8 Å². The molecule has 2 rings (SSSR count). The summed E-state index contributed by atoms with van der Waals surface area (Å²) in [7, 11) is 0. The Morgan fingerprint density at radius 1 is 1.44 bits per heavy atom. The van der Waals surface area contributed by atoms with Crippen LogP contribution in [-0.4, -0.2) is 12.5 Å². The second-order valence-electron chi connectivity index (χ2n) is 4.54. The quantitative estimate of drug-likeness (QED) is 0.822. The van der Waals surface area contributed by atoms with Crippen LogP contribution < -0.4 is 10.8 Å². The number of amides is 1. The Kier molecular flexibility index (Phi) is 2.69. The highest BCUT2D eigenvalue weighted by Gasteiger charge is 2.24. The number of hydroxylamine groups is 1. The highest BCUT2D eigenvalue weighted by atomic mass is 16.7. The fraction of sp³-hybridized carbons (Fsp3) is 0.417. The Morgan fingerprint density at radius 3 is 2.75 bits per heavy atom. The first-order valence-electron chi connectivity index (χ1n) is 5.34. The van der Waals surface area contributed by atoms with Gasteiger partial charge in [-0.1, -0.05) is 12.1 Å². The summed E-state index contributed by atoms with van der Waals surface area (Å²) in [6.07, 6.45) is 0.441. The maximum absolute atomic E-state index is 11.5. The molecule has 1 fully saturated rings. The Bertz CT molecular complexity index is 410. The van der Waals surface area contributed by atoms with Crippen molar-refractivity contribution in [3.8, 4) is 0 Å². The van der Waals surface area contributed by atoms with E-state index in [4.69, 9.17) is 10.6 Å². The molecule has 4 nitrogen and oxygen atoms in total. The van der Waals surface area contributed by atoms with Crippen molar-refractivity contribution in [3.63, 3.8) is 0 Å². The molecule has 1 heterocycles. The predicted molar refractivity (Wildman–Crippen MR) is 61.7 cm³/mol. The lowest BCUT2D eigenvalue weighted by Crippen LogP contribution is -2.29. The van der Waals surface area contributed by atoms with Crippen LogP contribution in [0, 0.1) is 0 Å². The van der Waals surface area contributed by atoms with Crippen LogP contribution in [0.25, 0.3) is 0 Å². The van der Waals surface area contributed by atoms with Crippen molar-refractivity contribution in [2.24, 2.45) is 5.73 Å². The van der Waals surface area contributed by atoms with Crippen LogP contribution in [0.5, 0.6) is 0 Å². The van der Waals surface area contributed by atoms with Crippen molar-refractivity contribution in [1.82, 2.24) is 0 Å². The molecule has 0 aliphatic carbocycles. The molecule has 1 aliphatic rings. The minimum atomic E-state index is -0.418. The van der Waals surface area contributed by atoms with Gasteiger partial charge in [0.15, 0.2) is 0 Å². The third-order valence-corrected chi connectivity index (χ3v) is 2.59. The smallest absolute Gasteiger partial charge is 0.253 e. The molecule has 16 heavy (non-hydrogen) atoms. The summed E-state index contributed by atoms with van der Waals surface area (Å²) >= 11 is 0. The number of benzene rings is 1. The topological polar surface area (TPSA) is 55.6 Å². The number of carbonyl (C=O) groups excluding carboxylic acids is 1. The van der Waals surface area contributed by atoms with Gasteiger partial charge in [-0.05, 0) is 31.5 Å². The molecule has 1 aliphatic heterocycles. The van der Waals surface area contributed by atoms with Crippen LogP contribution in [0.2, 0.25) is 0 Å². The van der Waals surface area contributed by atoms with E-state index in [0.29, 0.717) is 13.0 Å². The minimum absolute atomic E-state index is 0.00743. The summed E-state index contributed by atoms with van der Waals surface area (Å²) in [6, 6.07) is 7.57. The number of hydrogen-bond acceptors (Lipinski definition) is 3. The van der Waals surface area contributed by atoms with Gasteiger partial charge < -0.3 is 5.73 Å². The fourth-order valence-corrected chi connectivity index (χ4v) is 1.65. The van der Waals surface area contributed by atoms with Gasteiger partial charge >= 0.3 is 0 Å². The molecule has 0 spiro atoms. The number of hydrogen-bond donors (Lipinski definition) is 1. The third kappa shape index (κ3) is 2.08. The first-order chi connectivity index (χ1) is 7.48. The first kappa shape index (κ1) is 11.1. The Morgan fingerprint density at radius 2 is 2.19 bits per heavy atom. The molecule has 1 amide bonds. The van der Waals surface area contributed by atoms with Crippen LogP contribution in [0.3, 0.4) is 0 Å². The maximum Gasteiger partial charge on any atom is 0.253 e. The number of carbonyl (C=O) groups is 1. The largest absolute Gasteiger partial charge is 0.322 e. The van der Waals surface area contributed by atoms with E-state index in [1.54, 1.807) is 0 Å². The zero-order chi connectivity index (χ0) is 11.8. The molecule has 0 bridgehead atoms. The van der Waals surface area contributed by atoms with Gasteiger partial charge in [-0.15, -0.1) is 0 Å². The highest BCUT2D eigenvalue weighted by Crippen LogP contribution is 2.25.